The Morgan fingerprint density at radius 1 is 0.964 bits per heavy atom. The van der Waals surface area contributed by atoms with Crippen molar-refractivity contribution in [3.8, 4) is 0 Å². The van der Waals surface area contributed by atoms with Gasteiger partial charge < -0.3 is 4.90 Å². The summed E-state index contributed by atoms with van der Waals surface area (Å²) >= 11 is 0. The molecule has 3 aliphatic heterocycles. The van der Waals surface area contributed by atoms with E-state index in [1.54, 1.807) is 0 Å². The largest absolute Gasteiger partial charge is 0.356 e. The third-order valence-electron chi connectivity index (χ3n) is 7.19. The van der Waals surface area contributed by atoms with E-state index in [4.69, 9.17) is 0 Å². The number of rotatable bonds is 2. The standard InChI is InChI=1S/C23H27N5/c1-2-5-18(6-3-1)20-7-4-8-21-19-11-17(15-28(20)21)14-26(16-19)23-13-24-12-22-25-9-10-27(22)23/h1-3,5-6,9-10,12-13,17,19-21H,4,7-8,11,14-16H2/t17-,19+,20+,21-/m0/s1. The molecule has 4 atom stereocenters. The van der Waals surface area contributed by atoms with Gasteiger partial charge >= 0.3 is 0 Å². The molecule has 3 fully saturated rings. The Bertz CT molecular complexity index is 967. The number of fused-ring (bicyclic) bond motifs is 5. The summed E-state index contributed by atoms with van der Waals surface area (Å²) in [6.45, 7) is 3.49. The fourth-order valence-electron chi connectivity index (χ4n) is 6.10. The van der Waals surface area contributed by atoms with E-state index in [2.05, 4.69) is 60.7 Å². The van der Waals surface area contributed by atoms with E-state index >= 15 is 0 Å². The van der Waals surface area contributed by atoms with Crippen LogP contribution in [0.25, 0.3) is 5.65 Å². The average Bonchev–Trinajstić information content (AvgIpc) is 3.23. The van der Waals surface area contributed by atoms with Crippen molar-refractivity contribution in [2.75, 3.05) is 24.5 Å². The van der Waals surface area contributed by atoms with Crippen LogP contribution < -0.4 is 4.90 Å². The van der Waals surface area contributed by atoms with Crippen LogP contribution in [0.4, 0.5) is 5.82 Å². The van der Waals surface area contributed by atoms with E-state index < -0.39 is 0 Å². The Morgan fingerprint density at radius 2 is 1.89 bits per heavy atom. The number of nitrogens with zero attached hydrogens (tertiary/aromatic N) is 5. The lowest BCUT2D eigenvalue weighted by molar-refractivity contribution is -0.0201. The van der Waals surface area contributed by atoms with Crippen molar-refractivity contribution < 1.29 is 0 Å². The van der Waals surface area contributed by atoms with Gasteiger partial charge in [-0.25, -0.2) is 4.98 Å². The second-order valence-electron chi connectivity index (χ2n) is 8.81. The SMILES string of the molecule is c1ccc([C@H]2CCC[C@H]3[C@@H]4C[C@@H](CN(c5cncc6nccn56)C4)CN23)cc1. The summed E-state index contributed by atoms with van der Waals surface area (Å²) in [5.74, 6) is 2.68. The van der Waals surface area contributed by atoms with E-state index in [0.717, 1.165) is 30.6 Å². The molecule has 3 aromatic rings. The number of aromatic nitrogens is 3. The molecule has 3 saturated heterocycles. The quantitative estimate of drug-likeness (QED) is 0.685. The van der Waals surface area contributed by atoms with E-state index in [9.17, 15) is 0 Å². The highest BCUT2D eigenvalue weighted by molar-refractivity contribution is 5.49. The fourth-order valence-corrected chi connectivity index (χ4v) is 6.10. The number of imidazole rings is 1. The number of hydrogen-bond donors (Lipinski definition) is 0. The Kier molecular flexibility index (Phi) is 3.89. The lowest BCUT2D eigenvalue weighted by Crippen LogP contribution is -2.59. The maximum atomic E-state index is 4.45. The molecule has 6 rings (SSSR count). The van der Waals surface area contributed by atoms with Crippen molar-refractivity contribution in [1.82, 2.24) is 19.3 Å². The third-order valence-corrected chi connectivity index (χ3v) is 7.19. The molecular weight excluding hydrogens is 346 g/mol. The Hall–Kier alpha value is -2.40. The first-order valence-electron chi connectivity index (χ1n) is 10.7. The summed E-state index contributed by atoms with van der Waals surface area (Å²) in [7, 11) is 0. The molecule has 0 radical (unpaired) electrons. The highest BCUT2D eigenvalue weighted by Crippen LogP contribution is 2.44. The van der Waals surface area contributed by atoms with Gasteiger partial charge in [-0.15, -0.1) is 0 Å². The van der Waals surface area contributed by atoms with E-state index in [0.29, 0.717) is 12.1 Å². The van der Waals surface area contributed by atoms with Crippen LogP contribution in [0.2, 0.25) is 0 Å². The molecule has 0 saturated carbocycles. The van der Waals surface area contributed by atoms with Crippen molar-refractivity contribution in [3.63, 3.8) is 0 Å². The molecule has 2 bridgehead atoms. The van der Waals surface area contributed by atoms with Gasteiger partial charge in [-0.1, -0.05) is 30.3 Å². The van der Waals surface area contributed by atoms with E-state index in [1.807, 2.05) is 18.6 Å². The van der Waals surface area contributed by atoms with Gasteiger partial charge in [0.1, 0.15) is 5.82 Å². The van der Waals surface area contributed by atoms with Crippen molar-refractivity contribution in [2.24, 2.45) is 11.8 Å². The minimum atomic E-state index is 0.607. The van der Waals surface area contributed by atoms with Gasteiger partial charge in [0.15, 0.2) is 5.65 Å². The van der Waals surface area contributed by atoms with Crippen LogP contribution in [0.1, 0.15) is 37.3 Å². The predicted octanol–water partition coefficient (Wildman–Crippen LogP) is 3.78. The summed E-state index contributed by atoms with van der Waals surface area (Å²) in [4.78, 5) is 14.3. The fraction of sp³-hybridized carbons (Fsp3) is 0.478. The number of benzene rings is 1. The zero-order chi connectivity index (χ0) is 18.5. The average molecular weight is 374 g/mol. The summed E-state index contributed by atoms with van der Waals surface area (Å²) in [6, 6.07) is 12.5. The van der Waals surface area contributed by atoms with Crippen molar-refractivity contribution >= 4 is 11.5 Å². The molecule has 2 aromatic heterocycles. The Labute approximate surface area is 166 Å². The number of piperidine rings is 3. The Morgan fingerprint density at radius 3 is 2.82 bits per heavy atom. The number of anilines is 1. The molecule has 28 heavy (non-hydrogen) atoms. The molecule has 5 heteroatoms. The molecule has 0 unspecified atom stereocenters. The van der Waals surface area contributed by atoms with E-state index in [1.165, 1.54) is 43.6 Å². The lowest BCUT2D eigenvalue weighted by Gasteiger charge is -2.55. The molecule has 144 valence electrons. The van der Waals surface area contributed by atoms with Gasteiger partial charge in [0.25, 0.3) is 0 Å². The molecule has 5 heterocycles. The maximum Gasteiger partial charge on any atom is 0.156 e. The number of hydrogen-bond acceptors (Lipinski definition) is 4. The summed E-state index contributed by atoms with van der Waals surface area (Å²) in [5, 5.41) is 0. The minimum absolute atomic E-state index is 0.607. The zero-order valence-electron chi connectivity index (χ0n) is 16.2. The van der Waals surface area contributed by atoms with Gasteiger partial charge in [-0.2, -0.15) is 0 Å². The first kappa shape index (κ1) is 16.5. The van der Waals surface area contributed by atoms with E-state index in [-0.39, 0.29) is 0 Å². The summed E-state index contributed by atoms with van der Waals surface area (Å²) in [6.07, 6.45) is 13.2. The van der Waals surface area contributed by atoms with Crippen LogP contribution in [0, 0.1) is 11.8 Å². The van der Waals surface area contributed by atoms with Crippen LogP contribution in [0.3, 0.4) is 0 Å². The van der Waals surface area contributed by atoms with Crippen LogP contribution in [-0.2, 0) is 0 Å². The van der Waals surface area contributed by atoms with Crippen LogP contribution >= 0.6 is 0 Å². The van der Waals surface area contributed by atoms with Gasteiger partial charge in [-0.05, 0) is 43.1 Å². The van der Waals surface area contributed by atoms with Crippen LogP contribution in [0.15, 0.2) is 55.1 Å². The second kappa shape index (κ2) is 6.59. The van der Waals surface area contributed by atoms with Crippen LogP contribution in [-0.4, -0.2) is 44.9 Å². The van der Waals surface area contributed by atoms with Crippen molar-refractivity contribution in [2.45, 2.75) is 37.8 Å². The lowest BCUT2D eigenvalue weighted by atomic mass is 9.74. The molecule has 3 aliphatic rings. The van der Waals surface area contributed by atoms with Gasteiger partial charge in [0.05, 0.1) is 12.4 Å². The minimum Gasteiger partial charge on any atom is -0.356 e. The second-order valence-corrected chi connectivity index (χ2v) is 8.81. The molecular formula is C23H27N5. The highest BCUT2D eigenvalue weighted by atomic mass is 15.3. The summed E-state index contributed by atoms with van der Waals surface area (Å²) < 4.78 is 2.19. The van der Waals surface area contributed by atoms with Crippen LogP contribution in [0.5, 0.6) is 0 Å². The monoisotopic (exact) mass is 373 g/mol. The zero-order valence-corrected chi connectivity index (χ0v) is 16.2. The van der Waals surface area contributed by atoms with Crippen molar-refractivity contribution in [3.05, 3.63) is 60.7 Å². The molecule has 1 aromatic carbocycles. The summed E-state index contributed by atoms with van der Waals surface area (Å²) in [5.41, 5.74) is 2.45. The topological polar surface area (TPSA) is 36.7 Å². The van der Waals surface area contributed by atoms with Crippen molar-refractivity contribution in [1.29, 1.82) is 0 Å². The molecule has 0 spiro atoms. The highest BCUT2D eigenvalue weighted by Gasteiger charge is 2.45. The molecule has 0 amide bonds. The first-order chi connectivity index (χ1) is 13.9. The maximum absolute atomic E-state index is 4.45. The predicted molar refractivity (Wildman–Crippen MR) is 110 cm³/mol. The van der Waals surface area contributed by atoms with Gasteiger partial charge in [-0.3, -0.25) is 14.3 Å². The van der Waals surface area contributed by atoms with Gasteiger partial charge in [0, 0.05) is 44.1 Å². The van der Waals surface area contributed by atoms with Gasteiger partial charge in [0.2, 0.25) is 0 Å². The first-order valence-corrected chi connectivity index (χ1v) is 10.7. The Balaban J connectivity index is 1.29. The molecule has 5 nitrogen and oxygen atoms in total. The molecule has 0 aliphatic carbocycles. The normalized spacial score (nSPS) is 30.4. The molecule has 0 N–H and O–H groups in total. The smallest absolute Gasteiger partial charge is 0.156 e. The third kappa shape index (κ3) is 2.64.